The van der Waals surface area contributed by atoms with Crippen molar-refractivity contribution in [1.82, 2.24) is 0 Å². The molecule has 0 aliphatic carbocycles. The number of hydrogen-bond donors (Lipinski definition) is 3. The summed E-state index contributed by atoms with van der Waals surface area (Å²) in [5.41, 5.74) is 4.68. The second-order valence-electron chi connectivity index (χ2n) is 3.17. The summed E-state index contributed by atoms with van der Waals surface area (Å²) in [5.74, 6) is -2.42. The van der Waals surface area contributed by atoms with Crippen LogP contribution in [0.25, 0.3) is 0 Å². The van der Waals surface area contributed by atoms with Crippen molar-refractivity contribution in [3.63, 3.8) is 0 Å². The molecule has 17 heavy (non-hydrogen) atoms. The first kappa shape index (κ1) is 12.7. The number of hydrogen-bond acceptors (Lipinski definition) is 7. The Morgan fingerprint density at radius 1 is 1.53 bits per heavy atom. The predicted molar refractivity (Wildman–Crippen MR) is 55.4 cm³/mol. The van der Waals surface area contributed by atoms with Gasteiger partial charge in [0.1, 0.15) is 6.04 Å². The van der Waals surface area contributed by atoms with E-state index in [2.05, 4.69) is 4.74 Å². The molecule has 1 aromatic rings. The number of nitrogens with two attached hydrogens (primary N) is 1. The zero-order chi connectivity index (χ0) is 13.2. The van der Waals surface area contributed by atoms with E-state index in [0.717, 1.165) is 19.2 Å². The third kappa shape index (κ3) is 2.42. The number of carbonyl (C=O) groups excluding carboxylic acids is 1. The van der Waals surface area contributed by atoms with Crippen LogP contribution in [0.1, 0.15) is 11.6 Å². The third-order valence-corrected chi connectivity index (χ3v) is 2.10. The van der Waals surface area contributed by atoms with Crippen molar-refractivity contribution in [2.45, 2.75) is 6.04 Å². The second-order valence-corrected chi connectivity index (χ2v) is 3.17. The third-order valence-electron chi connectivity index (χ3n) is 2.10. The van der Waals surface area contributed by atoms with Crippen LogP contribution in [0.2, 0.25) is 0 Å². The van der Waals surface area contributed by atoms with Gasteiger partial charge in [-0.1, -0.05) is 0 Å². The summed E-state index contributed by atoms with van der Waals surface area (Å²) in [7, 11) is 1.11. The van der Waals surface area contributed by atoms with Crippen LogP contribution in [0, 0.1) is 10.1 Å². The van der Waals surface area contributed by atoms with Crippen molar-refractivity contribution >= 4 is 11.7 Å². The summed E-state index contributed by atoms with van der Waals surface area (Å²) in [5, 5.41) is 29.1. The molecule has 0 amide bonds. The highest BCUT2D eigenvalue weighted by Crippen LogP contribution is 2.37. The molecule has 0 unspecified atom stereocenters. The van der Waals surface area contributed by atoms with E-state index in [1.807, 2.05) is 0 Å². The fourth-order valence-electron chi connectivity index (χ4n) is 1.21. The maximum Gasteiger partial charge on any atom is 0.327 e. The number of benzene rings is 1. The van der Waals surface area contributed by atoms with Gasteiger partial charge in [-0.15, -0.1) is 0 Å². The molecule has 92 valence electrons. The van der Waals surface area contributed by atoms with Crippen LogP contribution in [0.4, 0.5) is 5.69 Å². The Bertz CT molecular complexity index is 473. The standard InChI is InChI=1S/C9H10N2O6/c1-17-9(14)7(10)4-2-5(11(15)16)8(13)6(12)3-4/h2-3,7,12-13H,10H2,1H3/t7-/m1/s1. The van der Waals surface area contributed by atoms with E-state index >= 15 is 0 Å². The zero-order valence-electron chi connectivity index (χ0n) is 8.78. The molecular formula is C9H10N2O6. The van der Waals surface area contributed by atoms with E-state index in [1.54, 1.807) is 0 Å². The Balaban J connectivity index is 3.28. The minimum atomic E-state index is -1.27. The van der Waals surface area contributed by atoms with Gasteiger partial charge in [-0.05, 0) is 11.6 Å². The number of phenols is 2. The van der Waals surface area contributed by atoms with Gasteiger partial charge in [-0.2, -0.15) is 0 Å². The Morgan fingerprint density at radius 3 is 2.59 bits per heavy atom. The number of carbonyl (C=O) groups is 1. The largest absolute Gasteiger partial charge is 0.504 e. The molecule has 0 saturated carbocycles. The van der Waals surface area contributed by atoms with Gasteiger partial charge in [0.05, 0.1) is 12.0 Å². The molecule has 4 N–H and O–H groups in total. The summed E-state index contributed by atoms with van der Waals surface area (Å²) in [6, 6.07) is 0.589. The fourth-order valence-corrected chi connectivity index (χ4v) is 1.21. The number of nitro groups is 1. The SMILES string of the molecule is COC(=O)[C@H](N)c1cc(O)c(O)c([N+](=O)[O-])c1. The molecule has 0 saturated heterocycles. The molecule has 8 heteroatoms. The molecule has 0 aromatic heterocycles. The van der Waals surface area contributed by atoms with Gasteiger partial charge in [-0.3, -0.25) is 14.9 Å². The van der Waals surface area contributed by atoms with E-state index in [0.29, 0.717) is 0 Å². The predicted octanol–water partition coefficient (Wildman–Crippen LogP) is 0.179. The van der Waals surface area contributed by atoms with E-state index in [4.69, 9.17) is 5.73 Å². The minimum absolute atomic E-state index is 0.0288. The Morgan fingerprint density at radius 2 is 2.12 bits per heavy atom. The van der Waals surface area contributed by atoms with E-state index in [1.165, 1.54) is 0 Å². The van der Waals surface area contributed by atoms with Crippen molar-refractivity contribution in [3.8, 4) is 11.5 Å². The lowest BCUT2D eigenvalue weighted by atomic mass is 10.1. The molecule has 1 aromatic carbocycles. The summed E-state index contributed by atoms with van der Waals surface area (Å²) >= 11 is 0. The van der Waals surface area contributed by atoms with Crippen LogP contribution in [-0.2, 0) is 9.53 Å². The van der Waals surface area contributed by atoms with Gasteiger partial charge in [0.25, 0.3) is 0 Å². The number of nitro benzene ring substituents is 1. The van der Waals surface area contributed by atoms with Crippen LogP contribution in [-0.4, -0.2) is 28.2 Å². The summed E-state index contributed by atoms with van der Waals surface area (Å²) < 4.78 is 4.36. The first-order chi connectivity index (χ1) is 7.88. The molecule has 0 fully saturated rings. The Hall–Kier alpha value is -2.35. The molecule has 0 aliphatic heterocycles. The highest BCUT2D eigenvalue weighted by atomic mass is 16.6. The lowest BCUT2D eigenvalue weighted by Crippen LogP contribution is -2.22. The number of nitrogens with zero attached hydrogens (tertiary/aromatic N) is 1. The quantitative estimate of drug-likeness (QED) is 0.297. The van der Waals surface area contributed by atoms with E-state index in [-0.39, 0.29) is 5.56 Å². The normalized spacial score (nSPS) is 11.9. The second kappa shape index (κ2) is 4.66. The summed E-state index contributed by atoms with van der Waals surface area (Å²) in [6.45, 7) is 0. The summed E-state index contributed by atoms with van der Waals surface area (Å²) in [4.78, 5) is 20.8. The fraction of sp³-hybridized carbons (Fsp3) is 0.222. The van der Waals surface area contributed by atoms with Crippen LogP contribution in [0.5, 0.6) is 11.5 Å². The lowest BCUT2D eigenvalue weighted by molar-refractivity contribution is -0.386. The first-order valence-electron chi connectivity index (χ1n) is 4.42. The highest BCUT2D eigenvalue weighted by Gasteiger charge is 2.24. The Labute approximate surface area is 95.4 Å². The molecule has 8 nitrogen and oxygen atoms in total. The van der Waals surface area contributed by atoms with Gasteiger partial charge in [-0.25, -0.2) is 0 Å². The number of methoxy groups -OCH3 is 1. The maximum absolute atomic E-state index is 11.1. The number of rotatable bonds is 3. The zero-order valence-corrected chi connectivity index (χ0v) is 8.78. The van der Waals surface area contributed by atoms with Gasteiger partial charge >= 0.3 is 11.7 Å². The lowest BCUT2D eigenvalue weighted by Gasteiger charge is -2.10. The van der Waals surface area contributed by atoms with Crippen molar-refractivity contribution in [3.05, 3.63) is 27.8 Å². The minimum Gasteiger partial charge on any atom is -0.504 e. The number of esters is 1. The van der Waals surface area contributed by atoms with Crippen LogP contribution in [0.3, 0.4) is 0 Å². The Kier molecular flexibility index (Phi) is 3.49. The average Bonchev–Trinajstić information content (AvgIpc) is 2.30. The average molecular weight is 242 g/mol. The smallest absolute Gasteiger partial charge is 0.327 e. The van der Waals surface area contributed by atoms with Crippen LogP contribution < -0.4 is 5.73 Å². The molecule has 0 heterocycles. The molecule has 0 spiro atoms. The van der Waals surface area contributed by atoms with Gasteiger partial charge in [0, 0.05) is 6.07 Å². The molecule has 0 radical (unpaired) electrons. The van der Waals surface area contributed by atoms with Crippen LogP contribution >= 0.6 is 0 Å². The molecule has 1 rings (SSSR count). The molecule has 1 atom stereocenters. The number of aromatic hydroxyl groups is 2. The van der Waals surface area contributed by atoms with Crippen molar-refractivity contribution in [2.24, 2.45) is 5.73 Å². The maximum atomic E-state index is 11.1. The highest BCUT2D eigenvalue weighted by molar-refractivity contribution is 5.78. The number of phenolic OH excluding ortho intramolecular Hbond substituents is 2. The molecule has 0 aliphatic rings. The van der Waals surface area contributed by atoms with E-state index in [9.17, 15) is 25.1 Å². The summed E-state index contributed by atoms with van der Waals surface area (Å²) in [6.07, 6.45) is 0. The topological polar surface area (TPSA) is 136 Å². The monoisotopic (exact) mass is 242 g/mol. The van der Waals surface area contributed by atoms with Gasteiger partial charge in [0.15, 0.2) is 5.75 Å². The van der Waals surface area contributed by atoms with Gasteiger partial charge < -0.3 is 20.7 Å². The van der Waals surface area contributed by atoms with E-state index < -0.39 is 34.1 Å². The molecule has 0 bridgehead atoms. The van der Waals surface area contributed by atoms with Crippen molar-refractivity contribution < 1.29 is 24.7 Å². The molecular weight excluding hydrogens is 232 g/mol. The first-order valence-corrected chi connectivity index (χ1v) is 4.42. The van der Waals surface area contributed by atoms with Crippen molar-refractivity contribution in [2.75, 3.05) is 7.11 Å². The van der Waals surface area contributed by atoms with Gasteiger partial charge in [0.2, 0.25) is 5.75 Å². The van der Waals surface area contributed by atoms with Crippen molar-refractivity contribution in [1.29, 1.82) is 0 Å². The number of ether oxygens (including phenoxy) is 1. The van der Waals surface area contributed by atoms with Crippen LogP contribution in [0.15, 0.2) is 12.1 Å².